The fourth-order valence-corrected chi connectivity index (χ4v) is 4.16. The van der Waals surface area contributed by atoms with Gasteiger partial charge in [-0.05, 0) is 23.8 Å². The molecule has 0 aliphatic rings. The van der Waals surface area contributed by atoms with Crippen LogP contribution < -0.4 is 0 Å². The zero-order chi connectivity index (χ0) is 19.0. The van der Waals surface area contributed by atoms with Crippen LogP contribution in [0.1, 0.15) is 32.3 Å². The minimum atomic E-state index is -2.20. The second kappa shape index (κ2) is 9.84. The van der Waals surface area contributed by atoms with Crippen LogP contribution in [0, 0.1) is 11.8 Å². The Labute approximate surface area is 151 Å². The van der Waals surface area contributed by atoms with E-state index in [-0.39, 0.29) is 12.3 Å². The highest BCUT2D eigenvalue weighted by atomic mass is 28.3. The normalized spacial score (nSPS) is 15.2. The summed E-state index contributed by atoms with van der Waals surface area (Å²) < 4.78 is 5.75. The van der Waals surface area contributed by atoms with Crippen LogP contribution >= 0.6 is 0 Å². The van der Waals surface area contributed by atoms with Gasteiger partial charge in [0, 0.05) is 6.42 Å². The molecule has 5 nitrogen and oxygen atoms in total. The minimum absolute atomic E-state index is 0.0287. The Morgan fingerprint density at radius 1 is 1.20 bits per heavy atom. The molecule has 0 amide bonds. The number of benzene rings is 1. The third-order valence-electron chi connectivity index (χ3n) is 4.33. The topological polar surface area (TPSA) is 83.8 Å². The Balaban J connectivity index is 2.71. The van der Waals surface area contributed by atoms with E-state index in [1.54, 1.807) is 13.1 Å². The number of carbonyl (C=O) groups excluding carboxylic acids is 1. The first-order valence-corrected chi connectivity index (χ1v) is 11.7. The van der Waals surface area contributed by atoms with E-state index in [1.807, 2.05) is 30.3 Å². The molecule has 0 aromatic heterocycles. The van der Waals surface area contributed by atoms with Crippen LogP contribution in [0.5, 0.6) is 0 Å². The van der Waals surface area contributed by atoms with E-state index in [0.717, 1.165) is 12.0 Å². The van der Waals surface area contributed by atoms with Gasteiger partial charge in [-0.15, -0.1) is 0 Å². The van der Waals surface area contributed by atoms with Crippen LogP contribution in [-0.2, 0) is 20.9 Å². The lowest BCUT2D eigenvalue weighted by Gasteiger charge is -2.28. The molecule has 1 aromatic carbocycles. The predicted octanol–water partition coefficient (Wildman–Crippen LogP) is 2.67. The second-order valence-electron chi connectivity index (χ2n) is 7.35. The van der Waals surface area contributed by atoms with Gasteiger partial charge in [0.05, 0.1) is 22.0 Å². The SMILES string of the molecule is CC(C)C[C@H](COCc1ccccc1)CC(=O)C(O)(C(=O)O)[SiH](C)C. The van der Waals surface area contributed by atoms with Crippen molar-refractivity contribution in [1.82, 2.24) is 0 Å². The maximum atomic E-state index is 12.5. The largest absolute Gasteiger partial charge is 0.479 e. The highest BCUT2D eigenvalue weighted by molar-refractivity contribution is 6.69. The number of ether oxygens (including phenoxy) is 1. The van der Waals surface area contributed by atoms with Gasteiger partial charge in [-0.2, -0.15) is 0 Å². The summed E-state index contributed by atoms with van der Waals surface area (Å²) >= 11 is 0. The van der Waals surface area contributed by atoms with E-state index < -0.39 is 25.8 Å². The fraction of sp³-hybridized carbons (Fsp3) is 0.579. The Kier molecular flexibility index (Phi) is 8.48. The molecule has 1 unspecified atom stereocenters. The van der Waals surface area contributed by atoms with Gasteiger partial charge < -0.3 is 14.9 Å². The van der Waals surface area contributed by atoms with Crippen LogP contribution in [0.2, 0.25) is 13.1 Å². The number of carboxylic acid groups (broad SMARTS) is 1. The van der Waals surface area contributed by atoms with Gasteiger partial charge in [-0.1, -0.05) is 57.3 Å². The predicted molar refractivity (Wildman–Crippen MR) is 100 cm³/mol. The van der Waals surface area contributed by atoms with Crippen molar-refractivity contribution in [3.8, 4) is 0 Å². The van der Waals surface area contributed by atoms with Crippen molar-refractivity contribution in [2.75, 3.05) is 6.61 Å². The Morgan fingerprint density at radius 2 is 1.80 bits per heavy atom. The number of ketones is 1. The molecule has 1 aromatic rings. The van der Waals surface area contributed by atoms with E-state index in [0.29, 0.717) is 19.1 Å². The van der Waals surface area contributed by atoms with Gasteiger partial charge in [0.15, 0.2) is 5.78 Å². The number of Topliss-reactive ketones (excluding diaryl/α,β-unsaturated/α-hetero) is 1. The van der Waals surface area contributed by atoms with Crippen molar-refractivity contribution < 1.29 is 24.5 Å². The number of aliphatic hydroxyl groups is 1. The first-order valence-electron chi connectivity index (χ1n) is 8.78. The fourth-order valence-electron chi connectivity index (χ4n) is 2.90. The molecule has 0 radical (unpaired) electrons. The van der Waals surface area contributed by atoms with E-state index in [9.17, 15) is 19.8 Å². The summed E-state index contributed by atoms with van der Waals surface area (Å²) in [6, 6.07) is 9.75. The number of carbonyl (C=O) groups is 2. The molecule has 25 heavy (non-hydrogen) atoms. The minimum Gasteiger partial charge on any atom is -0.479 e. The molecule has 2 atom stereocenters. The summed E-state index contributed by atoms with van der Waals surface area (Å²) in [4.78, 5) is 24.0. The molecule has 140 valence electrons. The molecule has 0 bridgehead atoms. The van der Waals surface area contributed by atoms with Crippen molar-refractivity contribution in [2.45, 2.75) is 51.6 Å². The van der Waals surface area contributed by atoms with Crippen molar-refractivity contribution >= 4 is 20.5 Å². The lowest BCUT2D eigenvalue weighted by Crippen LogP contribution is -2.56. The molecule has 0 fully saturated rings. The van der Waals surface area contributed by atoms with Crippen LogP contribution in [0.3, 0.4) is 0 Å². The smallest absolute Gasteiger partial charge is 0.339 e. The molecule has 0 heterocycles. The first kappa shape index (κ1) is 21.5. The Hall–Kier alpha value is -1.50. The number of carboxylic acids is 1. The van der Waals surface area contributed by atoms with Crippen LogP contribution in [0.25, 0.3) is 0 Å². The third-order valence-corrected chi connectivity index (χ3v) is 6.57. The van der Waals surface area contributed by atoms with Crippen LogP contribution in [-0.4, -0.2) is 42.6 Å². The maximum Gasteiger partial charge on any atom is 0.339 e. The number of hydrogen-bond donors (Lipinski definition) is 2. The van der Waals surface area contributed by atoms with Crippen molar-refractivity contribution in [2.24, 2.45) is 11.8 Å². The van der Waals surface area contributed by atoms with E-state index in [2.05, 4.69) is 13.8 Å². The monoisotopic (exact) mass is 366 g/mol. The standard InChI is InChI=1S/C19H30O5Si/c1-14(2)10-16(13-24-12-15-8-6-5-7-9-15)11-17(20)19(23,18(21)22)25(3)4/h5-9,14,16,23,25H,10-13H2,1-4H3,(H,21,22)/t16-,19?/m0/s1. The number of aliphatic carboxylic acids is 1. The zero-order valence-corrected chi connectivity index (χ0v) is 16.7. The average Bonchev–Trinajstić information content (AvgIpc) is 2.53. The Bertz CT molecular complexity index is 558. The molecular weight excluding hydrogens is 336 g/mol. The van der Waals surface area contributed by atoms with E-state index >= 15 is 0 Å². The highest BCUT2D eigenvalue weighted by Gasteiger charge is 2.47. The number of rotatable bonds is 11. The van der Waals surface area contributed by atoms with Crippen LogP contribution in [0.4, 0.5) is 0 Å². The van der Waals surface area contributed by atoms with Crippen LogP contribution in [0.15, 0.2) is 30.3 Å². The Morgan fingerprint density at radius 3 is 2.28 bits per heavy atom. The molecule has 2 N–H and O–H groups in total. The molecule has 6 heteroatoms. The van der Waals surface area contributed by atoms with Crippen molar-refractivity contribution in [1.29, 1.82) is 0 Å². The van der Waals surface area contributed by atoms with E-state index in [4.69, 9.17) is 4.74 Å². The summed E-state index contributed by atoms with van der Waals surface area (Å²) in [5, 5.41) is 17.5. The van der Waals surface area contributed by atoms with Gasteiger partial charge in [-0.25, -0.2) is 4.79 Å². The van der Waals surface area contributed by atoms with Gasteiger partial charge in [-0.3, -0.25) is 4.79 Å². The summed E-state index contributed by atoms with van der Waals surface area (Å²) in [6.07, 6.45) is 0.775. The molecule has 0 saturated carbocycles. The summed E-state index contributed by atoms with van der Waals surface area (Å²) in [7, 11) is -2.12. The van der Waals surface area contributed by atoms with Crippen molar-refractivity contribution in [3.05, 3.63) is 35.9 Å². The molecule has 0 saturated heterocycles. The van der Waals surface area contributed by atoms with Gasteiger partial charge in [0.2, 0.25) is 5.22 Å². The average molecular weight is 367 g/mol. The quantitative estimate of drug-likeness (QED) is 0.465. The first-order chi connectivity index (χ1) is 11.7. The lowest BCUT2D eigenvalue weighted by molar-refractivity contribution is -0.157. The molecule has 0 aliphatic heterocycles. The molecular formula is C19H30O5Si. The second-order valence-corrected chi connectivity index (χ2v) is 10.5. The third kappa shape index (κ3) is 6.38. The van der Waals surface area contributed by atoms with E-state index in [1.165, 1.54) is 0 Å². The number of hydrogen-bond acceptors (Lipinski definition) is 4. The van der Waals surface area contributed by atoms with Crippen molar-refractivity contribution in [3.63, 3.8) is 0 Å². The lowest BCUT2D eigenvalue weighted by atomic mass is 9.91. The van der Waals surface area contributed by atoms with Gasteiger partial charge in [0.1, 0.15) is 0 Å². The van der Waals surface area contributed by atoms with Gasteiger partial charge in [0.25, 0.3) is 0 Å². The highest BCUT2D eigenvalue weighted by Crippen LogP contribution is 2.22. The molecule has 1 rings (SSSR count). The molecule has 0 spiro atoms. The molecule has 0 aliphatic carbocycles. The maximum absolute atomic E-state index is 12.5. The summed E-state index contributed by atoms with van der Waals surface area (Å²) in [5.41, 5.74) is 1.05. The summed E-state index contributed by atoms with van der Waals surface area (Å²) in [5.74, 6) is -1.76. The summed E-state index contributed by atoms with van der Waals surface area (Å²) in [6.45, 7) is 8.27. The zero-order valence-electron chi connectivity index (χ0n) is 15.6. The van der Waals surface area contributed by atoms with Gasteiger partial charge >= 0.3 is 5.97 Å².